The van der Waals surface area contributed by atoms with Crippen molar-refractivity contribution in [3.8, 4) is 0 Å². The highest BCUT2D eigenvalue weighted by molar-refractivity contribution is 7.16. The van der Waals surface area contributed by atoms with Crippen LogP contribution in [0.3, 0.4) is 0 Å². The molecule has 9 heteroatoms. The van der Waals surface area contributed by atoms with E-state index in [0.717, 1.165) is 52.1 Å². The van der Waals surface area contributed by atoms with Crippen LogP contribution < -0.4 is 4.90 Å². The van der Waals surface area contributed by atoms with E-state index < -0.39 is 11.9 Å². The molecule has 4 heterocycles. The maximum atomic E-state index is 12.8. The first-order valence-electron chi connectivity index (χ1n) is 7.48. The third kappa shape index (κ3) is 2.86. The van der Waals surface area contributed by atoms with Crippen LogP contribution in [0.4, 0.5) is 19.0 Å². The van der Waals surface area contributed by atoms with Crippen molar-refractivity contribution < 1.29 is 13.2 Å². The van der Waals surface area contributed by atoms with Gasteiger partial charge in [0, 0.05) is 24.4 Å². The van der Waals surface area contributed by atoms with Crippen LogP contribution in [0.5, 0.6) is 0 Å². The zero-order chi connectivity index (χ0) is 16.7. The Bertz CT molecular complexity index is 858. The molecule has 0 aromatic carbocycles. The largest absolute Gasteiger partial charge is 0.434 e. The minimum absolute atomic E-state index is 0.00324. The van der Waals surface area contributed by atoms with Crippen LogP contribution in [0.1, 0.15) is 29.5 Å². The number of thiazole rings is 1. The molecular weight excluding hydrogens is 357 g/mol. The lowest BCUT2D eigenvalue weighted by atomic mass is 9.98. The molecule has 1 fully saturated rings. The monoisotopic (exact) mass is 370 g/mol. The molecule has 4 rings (SSSR count). The maximum absolute atomic E-state index is 12.8. The molecule has 0 amide bonds. The van der Waals surface area contributed by atoms with Crippen molar-refractivity contribution >= 4 is 38.7 Å². The molecule has 126 valence electrons. The van der Waals surface area contributed by atoms with Crippen LogP contribution in [0.25, 0.3) is 10.2 Å². The highest BCUT2D eigenvalue weighted by Gasteiger charge is 2.35. The van der Waals surface area contributed by atoms with Gasteiger partial charge in [0.25, 0.3) is 0 Å². The highest BCUT2D eigenvalue weighted by atomic mass is 32.1. The Hall–Kier alpha value is -1.74. The van der Waals surface area contributed by atoms with Gasteiger partial charge in [0.1, 0.15) is 17.0 Å². The average molecular weight is 370 g/mol. The zero-order valence-corrected chi connectivity index (χ0v) is 14.1. The van der Waals surface area contributed by atoms with Gasteiger partial charge in [-0.15, -0.1) is 22.7 Å². The average Bonchev–Trinajstić information content (AvgIpc) is 3.23. The number of aromatic nitrogens is 3. The first kappa shape index (κ1) is 15.8. The Balaban J connectivity index is 1.60. The Morgan fingerprint density at radius 3 is 2.88 bits per heavy atom. The summed E-state index contributed by atoms with van der Waals surface area (Å²) in [6.45, 7) is 1.47. The SMILES string of the molecule is FC(F)(F)c1csc(C2CCCN(c3ncnc4sccc34)C2)n1. The smallest absolute Gasteiger partial charge is 0.355 e. The van der Waals surface area contributed by atoms with Crippen molar-refractivity contribution in [2.45, 2.75) is 24.9 Å². The first-order valence-corrected chi connectivity index (χ1v) is 9.24. The van der Waals surface area contributed by atoms with Gasteiger partial charge in [-0.3, -0.25) is 0 Å². The fourth-order valence-corrected chi connectivity index (χ4v) is 4.69. The van der Waals surface area contributed by atoms with E-state index in [1.54, 1.807) is 17.7 Å². The highest BCUT2D eigenvalue weighted by Crippen LogP contribution is 2.37. The van der Waals surface area contributed by atoms with Gasteiger partial charge in [0.15, 0.2) is 5.69 Å². The molecular formula is C15H13F3N4S2. The van der Waals surface area contributed by atoms with Crippen molar-refractivity contribution in [1.29, 1.82) is 0 Å². The summed E-state index contributed by atoms with van der Waals surface area (Å²) < 4.78 is 38.3. The Morgan fingerprint density at radius 1 is 1.21 bits per heavy atom. The number of alkyl halides is 3. The summed E-state index contributed by atoms with van der Waals surface area (Å²) in [7, 11) is 0. The predicted molar refractivity (Wildman–Crippen MR) is 88.7 cm³/mol. The second-order valence-corrected chi connectivity index (χ2v) is 7.47. The van der Waals surface area contributed by atoms with Gasteiger partial charge in [0.05, 0.1) is 10.4 Å². The van der Waals surface area contributed by atoms with Gasteiger partial charge in [0.2, 0.25) is 0 Å². The quantitative estimate of drug-likeness (QED) is 0.664. The lowest BCUT2D eigenvalue weighted by molar-refractivity contribution is -0.140. The molecule has 0 bridgehead atoms. The Labute approximate surface area is 144 Å². The summed E-state index contributed by atoms with van der Waals surface area (Å²) in [5, 5.41) is 4.64. The Morgan fingerprint density at radius 2 is 2.08 bits per heavy atom. The number of nitrogens with zero attached hydrogens (tertiary/aromatic N) is 4. The second-order valence-electron chi connectivity index (χ2n) is 5.69. The third-order valence-electron chi connectivity index (χ3n) is 4.12. The van der Waals surface area contributed by atoms with Gasteiger partial charge in [-0.2, -0.15) is 13.2 Å². The Kier molecular flexibility index (Phi) is 3.92. The summed E-state index contributed by atoms with van der Waals surface area (Å²) in [6.07, 6.45) is -1.08. The first-order chi connectivity index (χ1) is 11.5. The molecule has 24 heavy (non-hydrogen) atoms. The van der Waals surface area contributed by atoms with Crippen molar-refractivity contribution in [2.75, 3.05) is 18.0 Å². The molecule has 1 unspecified atom stereocenters. The van der Waals surface area contributed by atoms with E-state index in [2.05, 4.69) is 19.9 Å². The molecule has 3 aromatic rings. The number of anilines is 1. The standard InChI is InChI=1S/C15H13F3N4S2/c16-15(17,18)11-7-24-13(21-11)9-2-1-4-22(6-9)12-10-3-5-23-14(10)20-8-19-12/h3,5,7-9H,1-2,4,6H2. The second kappa shape index (κ2) is 5.96. The number of hydrogen-bond donors (Lipinski definition) is 0. The van der Waals surface area contributed by atoms with Crippen molar-refractivity contribution in [3.63, 3.8) is 0 Å². The molecule has 0 saturated carbocycles. The molecule has 3 aromatic heterocycles. The van der Waals surface area contributed by atoms with Crippen LogP contribution in [-0.2, 0) is 6.18 Å². The summed E-state index contributed by atoms with van der Waals surface area (Å²) in [6, 6.07) is 1.99. The fourth-order valence-electron chi connectivity index (χ4n) is 3.01. The van der Waals surface area contributed by atoms with Crippen molar-refractivity contribution in [2.24, 2.45) is 0 Å². The maximum Gasteiger partial charge on any atom is 0.434 e. The van der Waals surface area contributed by atoms with E-state index in [0.29, 0.717) is 11.6 Å². The number of fused-ring (bicyclic) bond motifs is 1. The summed E-state index contributed by atoms with van der Waals surface area (Å²) in [4.78, 5) is 15.5. The molecule has 1 aliphatic rings. The number of rotatable bonds is 2. The minimum atomic E-state index is -4.38. The van der Waals surface area contributed by atoms with Gasteiger partial charge < -0.3 is 4.90 Å². The fraction of sp³-hybridized carbons (Fsp3) is 0.400. The molecule has 4 nitrogen and oxygen atoms in total. The van der Waals surface area contributed by atoms with Gasteiger partial charge in [-0.1, -0.05) is 0 Å². The van der Waals surface area contributed by atoms with E-state index in [1.165, 1.54) is 0 Å². The lowest BCUT2D eigenvalue weighted by Crippen LogP contribution is -2.35. The predicted octanol–water partition coefficient (Wildman–Crippen LogP) is 4.55. The molecule has 1 atom stereocenters. The summed E-state index contributed by atoms with van der Waals surface area (Å²) in [5.41, 5.74) is -0.790. The van der Waals surface area contributed by atoms with Crippen LogP contribution in [-0.4, -0.2) is 28.0 Å². The van der Waals surface area contributed by atoms with Gasteiger partial charge in [-0.05, 0) is 24.3 Å². The summed E-state index contributed by atoms with van der Waals surface area (Å²) >= 11 is 2.65. The van der Waals surface area contributed by atoms with Crippen molar-refractivity contribution in [3.05, 3.63) is 33.9 Å². The number of piperidine rings is 1. The van der Waals surface area contributed by atoms with E-state index >= 15 is 0 Å². The van der Waals surface area contributed by atoms with Gasteiger partial charge >= 0.3 is 6.18 Å². The van der Waals surface area contributed by atoms with Crippen LogP contribution in [0.2, 0.25) is 0 Å². The van der Waals surface area contributed by atoms with Crippen LogP contribution in [0.15, 0.2) is 23.2 Å². The van der Waals surface area contributed by atoms with E-state index in [1.807, 2.05) is 11.4 Å². The van der Waals surface area contributed by atoms with E-state index in [9.17, 15) is 13.2 Å². The number of hydrogen-bond acceptors (Lipinski definition) is 6. The third-order valence-corrected chi connectivity index (χ3v) is 5.95. The molecule has 0 N–H and O–H groups in total. The van der Waals surface area contributed by atoms with Crippen molar-refractivity contribution in [1.82, 2.24) is 15.0 Å². The molecule has 0 spiro atoms. The lowest BCUT2D eigenvalue weighted by Gasteiger charge is -2.32. The number of halogens is 3. The van der Waals surface area contributed by atoms with E-state index in [4.69, 9.17) is 0 Å². The molecule has 0 aliphatic carbocycles. The minimum Gasteiger partial charge on any atom is -0.355 e. The van der Waals surface area contributed by atoms with Crippen LogP contribution in [0, 0.1) is 0 Å². The molecule has 1 saturated heterocycles. The zero-order valence-electron chi connectivity index (χ0n) is 12.5. The van der Waals surface area contributed by atoms with Crippen LogP contribution >= 0.6 is 22.7 Å². The molecule has 0 radical (unpaired) electrons. The van der Waals surface area contributed by atoms with E-state index in [-0.39, 0.29) is 5.92 Å². The molecule has 1 aliphatic heterocycles. The topological polar surface area (TPSA) is 41.9 Å². The van der Waals surface area contributed by atoms with Gasteiger partial charge in [-0.25, -0.2) is 15.0 Å². The summed E-state index contributed by atoms with van der Waals surface area (Å²) in [5.74, 6) is 0.863. The number of thiophene rings is 1. The normalized spacial score (nSPS) is 19.1.